The molecule has 150 valence electrons. The van der Waals surface area contributed by atoms with Gasteiger partial charge in [0.15, 0.2) is 6.29 Å². The molecule has 0 radical (unpaired) electrons. The van der Waals surface area contributed by atoms with Crippen LogP contribution in [-0.4, -0.2) is 21.3 Å². The third-order valence-electron chi connectivity index (χ3n) is 4.24. The van der Waals surface area contributed by atoms with E-state index in [1.165, 1.54) is 12.1 Å². The van der Waals surface area contributed by atoms with Gasteiger partial charge in [-0.3, -0.25) is 8.98 Å². The molecule has 3 rings (SSSR count). The molecule has 0 saturated heterocycles. The van der Waals surface area contributed by atoms with Crippen molar-refractivity contribution in [2.45, 2.75) is 17.9 Å². The Balaban J connectivity index is 1.86. The Morgan fingerprint density at radius 2 is 1.62 bits per heavy atom. The van der Waals surface area contributed by atoms with Gasteiger partial charge in [-0.15, -0.1) is 0 Å². The Morgan fingerprint density at radius 3 is 2.28 bits per heavy atom. The number of ether oxygens (including phenoxy) is 1. The molecule has 0 saturated carbocycles. The summed E-state index contributed by atoms with van der Waals surface area (Å²) in [5, 5.41) is 0.536. The summed E-state index contributed by atoms with van der Waals surface area (Å²) in [5.74, 6) is 0.332. The largest absolute Gasteiger partial charge is 0.483 e. The molecule has 5 nitrogen and oxygen atoms in total. The second kappa shape index (κ2) is 9.22. The van der Waals surface area contributed by atoms with Crippen LogP contribution in [0.1, 0.15) is 27.6 Å². The van der Waals surface area contributed by atoms with Crippen LogP contribution >= 0.6 is 11.6 Å². The van der Waals surface area contributed by atoms with E-state index < -0.39 is 16.2 Å². The average Bonchev–Trinajstić information content (AvgIpc) is 2.72. The zero-order valence-electron chi connectivity index (χ0n) is 15.6. The van der Waals surface area contributed by atoms with E-state index in [1.807, 2.05) is 6.92 Å². The molecule has 1 unspecified atom stereocenters. The molecular formula is C22H19ClO5S. The number of aryl methyl sites for hydroxylation is 1. The van der Waals surface area contributed by atoms with E-state index in [1.54, 1.807) is 60.7 Å². The Bertz CT molecular complexity index is 1080. The standard InChI is InChI=1S/C22H19ClO5S/c1-16-6-12-20(13-7-16)29(25,26)27-15-22(17-8-10-19(23)11-9-17)28-21-5-3-2-4-18(21)14-24/h2-14,22H,15H2,1H3. The van der Waals surface area contributed by atoms with Crippen molar-refractivity contribution in [1.82, 2.24) is 0 Å². The summed E-state index contributed by atoms with van der Waals surface area (Å²) in [6.07, 6.45) is -0.0911. The first kappa shape index (κ1) is 21.0. The lowest BCUT2D eigenvalue weighted by molar-refractivity contribution is 0.110. The Morgan fingerprint density at radius 1 is 0.966 bits per heavy atom. The Labute approximate surface area is 175 Å². The van der Waals surface area contributed by atoms with E-state index in [9.17, 15) is 13.2 Å². The van der Waals surface area contributed by atoms with E-state index in [4.69, 9.17) is 20.5 Å². The monoisotopic (exact) mass is 430 g/mol. The minimum Gasteiger partial charge on any atom is -0.483 e. The van der Waals surface area contributed by atoms with Gasteiger partial charge in [-0.1, -0.05) is 53.6 Å². The lowest BCUT2D eigenvalue weighted by Crippen LogP contribution is -2.18. The van der Waals surface area contributed by atoms with Crippen LogP contribution in [-0.2, 0) is 14.3 Å². The second-order valence-corrected chi connectivity index (χ2v) is 8.42. The summed E-state index contributed by atoms with van der Waals surface area (Å²) in [5.41, 5.74) is 1.96. The van der Waals surface area contributed by atoms with Crippen LogP contribution in [0, 0.1) is 6.92 Å². The molecule has 3 aromatic carbocycles. The van der Waals surface area contributed by atoms with Gasteiger partial charge in [0.1, 0.15) is 18.5 Å². The van der Waals surface area contributed by atoms with Crippen molar-refractivity contribution in [3.63, 3.8) is 0 Å². The fourth-order valence-corrected chi connectivity index (χ4v) is 3.67. The molecule has 29 heavy (non-hydrogen) atoms. The zero-order chi connectivity index (χ0) is 20.9. The van der Waals surface area contributed by atoms with Crippen LogP contribution < -0.4 is 4.74 Å². The van der Waals surface area contributed by atoms with Crippen LogP contribution in [0.25, 0.3) is 0 Å². The van der Waals surface area contributed by atoms with Crippen molar-refractivity contribution in [2.75, 3.05) is 6.61 Å². The van der Waals surface area contributed by atoms with Crippen LogP contribution in [0.2, 0.25) is 5.02 Å². The van der Waals surface area contributed by atoms with Gasteiger partial charge < -0.3 is 4.74 Å². The quantitative estimate of drug-likeness (QED) is 0.372. The van der Waals surface area contributed by atoms with Crippen molar-refractivity contribution in [3.05, 3.63) is 94.5 Å². The predicted molar refractivity (Wildman–Crippen MR) is 111 cm³/mol. The number of halogens is 1. The zero-order valence-corrected chi connectivity index (χ0v) is 17.2. The van der Waals surface area contributed by atoms with Crippen LogP contribution in [0.3, 0.4) is 0 Å². The molecule has 0 aliphatic carbocycles. The van der Waals surface area contributed by atoms with Crippen molar-refractivity contribution < 1.29 is 22.1 Å². The number of para-hydroxylation sites is 1. The highest BCUT2D eigenvalue weighted by Crippen LogP contribution is 2.27. The fourth-order valence-electron chi connectivity index (χ4n) is 2.64. The SMILES string of the molecule is Cc1ccc(S(=O)(=O)OCC(Oc2ccccc2C=O)c2ccc(Cl)cc2)cc1. The molecule has 0 spiro atoms. The Hall–Kier alpha value is -2.67. The van der Waals surface area contributed by atoms with Gasteiger partial charge in [0, 0.05) is 5.02 Å². The van der Waals surface area contributed by atoms with E-state index in [0.717, 1.165) is 5.56 Å². The third-order valence-corrected chi connectivity index (χ3v) is 5.79. The molecular weight excluding hydrogens is 412 g/mol. The number of aldehydes is 1. The Kier molecular flexibility index (Phi) is 6.69. The topological polar surface area (TPSA) is 69.7 Å². The number of hydrogen-bond donors (Lipinski definition) is 0. The minimum atomic E-state index is -3.97. The number of rotatable bonds is 8. The summed E-state index contributed by atoms with van der Waals surface area (Å²) in [6.45, 7) is 1.59. The first-order chi connectivity index (χ1) is 13.9. The van der Waals surface area contributed by atoms with Crippen LogP contribution in [0.4, 0.5) is 0 Å². The molecule has 0 heterocycles. The number of carbonyl (C=O) groups excluding carboxylic acids is 1. The summed E-state index contributed by atoms with van der Waals surface area (Å²) in [6, 6.07) is 19.9. The number of benzene rings is 3. The molecule has 0 amide bonds. The molecule has 0 fully saturated rings. The van der Waals surface area contributed by atoms with Gasteiger partial charge in [-0.2, -0.15) is 8.42 Å². The van der Waals surface area contributed by atoms with E-state index in [0.29, 0.717) is 28.2 Å². The van der Waals surface area contributed by atoms with Gasteiger partial charge in [-0.05, 0) is 48.9 Å². The summed E-state index contributed by atoms with van der Waals surface area (Å²) >= 11 is 5.95. The summed E-state index contributed by atoms with van der Waals surface area (Å²) < 4.78 is 36.3. The van der Waals surface area contributed by atoms with E-state index >= 15 is 0 Å². The molecule has 0 N–H and O–H groups in total. The first-order valence-electron chi connectivity index (χ1n) is 8.81. The summed E-state index contributed by atoms with van der Waals surface area (Å²) in [7, 11) is -3.97. The van der Waals surface area contributed by atoms with E-state index in [-0.39, 0.29) is 11.5 Å². The van der Waals surface area contributed by atoms with E-state index in [2.05, 4.69) is 0 Å². The fraction of sp³-hybridized carbons (Fsp3) is 0.136. The lowest BCUT2D eigenvalue weighted by atomic mass is 10.1. The van der Waals surface area contributed by atoms with Gasteiger partial charge in [-0.25, -0.2) is 0 Å². The maximum atomic E-state index is 12.6. The molecule has 3 aromatic rings. The molecule has 0 aliphatic rings. The molecule has 0 bridgehead atoms. The number of hydrogen-bond acceptors (Lipinski definition) is 5. The highest BCUT2D eigenvalue weighted by Gasteiger charge is 2.22. The molecule has 0 aliphatic heterocycles. The average molecular weight is 431 g/mol. The van der Waals surface area contributed by atoms with Crippen molar-refractivity contribution in [2.24, 2.45) is 0 Å². The predicted octanol–water partition coefficient (Wildman–Crippen LogP) is 4.99. The highest BCUT2D eigenvalue weighted by atomic mass is 35.5. The van der Waals surface area contributed by atoms with Gasteiger partial charge in [0.25, 0.3) is 10.1 Å². The third kappa shape index (κ3) is 5.44. The smallest absolute Gasteiger partial charge is 0.297 e. The minimum absolute atomic E-state index is 0.0613. The van der Waals surface area contributed by atoms with Crippen molar-refractivity contribution >= 4 is 28.0 Å². The normalized spacial score (nSPS) is 12.3. The highest BCUT2D eigenvalue weighted by molar-refractivity contribution is 7.86. The van der Waals surface area contributed by atoms with Crippen LogP contribution in [0.15, 0.2) is 77.7 Å². The summed E-state index contributed by atoms with van der Waals surface area (Å²) in [4.78, 5) is 11.4. The van der Waals surface area contributed by atoms with Gasteiger partial charge in [0.05, 0.1) is 10.5 Å². The molecule has 1 atom stereocenters. The lowest BCUT2D eigenvalue weighted by Gasteiger charge is -2.20. The second-order valence-electron chi connectivity index (χ2n) is 6.37. The molecule has 7 heteroatoms. The first-order valence-corrected chi connectivity index (χ1v) is 10.6. The van der Waals surface area contributed by atoms with Crippen molar-refractivity contribution in [3.8, 4) is 5.75 Å². The van der Waals surface area contributed by atoms with Gasteiger partial charge in [0.2, 0.25) is 0 Å². The maximum Gasteiger partial charge on any atom is 0.297 e. The molecule has 0 aromatic heterocycles. The van der Waals surface area contributed by atoms with Crippen molar-refractivity contribution in [1.29, 1.82) is 0 Å². The number of carbonyl (C=O) groups is 1. The van der Waals surface area contributed by atoms with Crippen LogP contribution in [0.5, 0.6) is 5.75 Å². The van der Waals surface area contributed by atoms with Gasteiger partial charge >= 0.3 is 0 Å². The maximum absolute atomic E-state index is 12.6.